The Hall–Kier alpha value is -0.920. The molecule has 0 aliphatic heterocycles. The van der Waals surface area contributed by atoms with Crippen molar-refractivity contribution < 1.29 is 58.3 Å². The van der Waals surface area contributed by atoms with Gasteiger partial charge in [0.05, 0.1) is 13.2 Å². The third kappa shape index (κ3) is 26.7. The molecule has 0 aromatic carbocycles. The van der Waals surface area contributed by atoms with E-state index in [1.165, 1.54) is 109 Å². The fraction of sp³-hybridized carbons (Fsp3) is 0.929. The molecule has 0 aromatic heterocycles. The van der Waals surface area contributed by atoms with Crippen molar-refractivity contribution in [3.8, 4) is 0 Å². The van der Waals surface area contributed by atoms with Gasteiger partial charge in [0.2, 0.25) is 0 Å². The second-order valence-electron chi connectivity index (χ2n) is 15.6. The summed E-state index contributed by atoms with van der Waals surface area (Å²) in [5.74, 6) is -0.478. The number of carbonyl (C=O) groups excluding carboxylic acids is 1. The first-order chi connectivity index (χ1) is 26.5. The Morgan fingerprint density at radius 3 is 1.44 bits per heavy atom. The van der Waals surface area contributed by atoms with E-state index in [1.807, 2.05) is 0 Å². The minimum Gasteiger partial charge on any atom is -0.457 e. The molecule has 0 saturated heterocycles. The fourth-order valence-electron chi connectivity index (χ4n) is 6.82. The summed E-state index contributed by atoms with van der Waals surface area (Å²) in [6.45, 7) is 4.24. The van der Waals surface area contributed by atoms with Gasteiger partial charge in [0.25, 0.3) is 0 Å². The molecule has 0 aromatic rings. The van der Waals surface area contributed by atoms with E-state index in [2.05, 4.69) is 26.0 Å². The summed E-state index contributed by atoms with van der Waals surface area (Å²) in [6, 6.07) is 0. The third-order valence-corrected chi connectivity index (χ3v) is 11.4. The van der Waals surface area contributed by atoms with Gasteiger partial charge in [-0.2, -0.15) is 0 Å². The highest BCUT2D eigenvalue weighted by Gasteiger charge is 2.51. The van der Waals surface area contributed by atoms with Crippen molar-refractivity contribution in [3.05, 3.63) is 12.2 Å². The molecule has 0 heterocycles. The number of phosphoric acid groups is 1. The Labute approximate surface area is 333 Å². The lowest BCUT2D eigenvalue weighted by Crippen LogP contribution is -2.64. The van der Waals surface area contributed by atoms with Gasteiger partial charge in [0.1, 0.15) is 42.7 Å². The molecule has 6 N–H and O–H groups in total. The predicted octanol–water partition coefficient (Wildman–Crippen LogP) is 8.36. The third-order valence-electron chi connectivity index (χ3n) is 10.4. The molecular formula is C42H81O12P. The minimum atomic E-state index is -5.01. The van der Waals surface area contributed by atoms with E-state index < -0.39 is 63.1 Å². The summed E-state index contributed by atoms with van der Waals surface area (Å²) >= 11 is 0. The van der Waals surface area contributed by atoms with E-state index in [0.717, 1.165) is 51.4 Å². The standard InChI is InChI=1S/C42H81O12P/c1-3-5-7-9-11-13-15-17-18-20-22-24-26-28-30-32-51-33-35(34-52-55(49,50)54-42-40(47)38(45)37(44)39(46)41(42)48)53-36(43)31-29-27-25-23-21-19-16-14-12-10-8-6-4-2/h15,17,35,37-42,44-48H,3-14,16,18-34H2,1-2H3,(H,49,50)/b17-15-. The molecule has 0 radical (unpaired) electrons. The zero-order valence-corrected chi connectivity index (χ0v) is 35.4. The van der Waals surface area contributed by atoms with E-state index in [9.17, 15) is 39.8 Å². The number of ether oxygens (including phenoxy) is 2. The van der Waals surface area contributed by atoms with Crippen molar-refractivity contribution in [2.24, 2.45) is 0 Å². The summed E-state index contributed by atoms with van der Waals surface area (Å²) in [7, 11) is -5.01. The summed E-state index contributed by atoms with van der Waals surface area (Å²) in [5, 5.41) is 50.1. The maximum Gasteiger partial charge on any atom is 0.472 e. The van der Waals surface area contributed by atoms with Crippen LogP contribution in [0.4, 0.5) is 0 Å². The maximum atomic E-state index is 12.8. The molecule has 1 fully saturated rings. The number of phosphoric ester groups is 1. The summed E-state index contributed by atoms with van der Waals surface area (Å²) < 4.78 is 34.1. The molecular weight excluding hydrogens is 727 g/mol. The van der Waals surface area contributed by atoms with Crippen LogP contribution in [0, 0.1) is 0 Å². The van der Waals surface area contributed by atoms with Crippen molar-refractivity contribution in [2.75, 3.05) is 19.8 Å². The smallest absolute Gasteiger partial charge is 0.457 e. The first kappa shape index (κ1) is 52.1. The number of unbranched alkanes of at least 4 members (excludes halogenated alkanes) is 23. The van der Waals surface area contributed by atoms with Crippen molar-refractivity contribution >= 4 is 13.8 Å². The van der Waals surface area contributed by atoms with Gasteiger partial charge in [-0.05, 0) is 38.5 Å². The Kier molecular flexibility index (Phi) is 32.2. The predicted molar refractivity (Wildman–Crippen MR) is 217 cm³/mol. The number of carbonyl (C=O) groups is 1. The lowest BCUT2D eigenvalue weighted by atomic mass is 9.85. The Bertz CT molecular complexity index is 968. The Morgan fingerprint density at radius 2 is 0.964 bits per heavy atom. The SMILES string of the molecule is CCCCCCC/C=C\CCCCCCCCOCC(COP(=O)(O)OC1C(O)C(O)C(O)C(O)C1O)OC(=O)CCCCCCCCCCCCCCC. The molecule has 55 heavy (non-hydrogen) atoms. The Balaban J connectivity index is 2.42. The molecule has 6 unspecified atom stereocenters. The van der Waals surface area contributed by atoms with E-state index in [0.29, 0.717) is 13.0 Å². The molecule has 0 spiro atoms. The van der Waals surface area contributed by atoms with Crippen molar-refractivity contribution in [1.29, 1.82) is 0 Å². The Morgan fingerprint density at radius 1 is 0.564 bits per heavy atom. The average molecular weight is 809 g/mol. The molecule has 0 bridgehead atoms. The summed E-state index contributed by atoms with van der Waals surface area (Å²) in [6.07, 6.45) is 22.8. The van der Waals surface area contributed by atoms with Crippen LogP contribution in [-0.4, -0.2) is 98.9 Å². The van der Waals surface area contributed by atoms with E-state index in [1.54, 1.807) is 0 Å². The van der Waals surface area contributed by atoms with Gasteiger partial charge in [0.15, 0.2) is 0 Å². The summed E-state index contributed by atoms with van der Waals surface area (Å²) in [5.41, 5.74) is 0. The van der Waals surface area contributed by atoms with Gasteiger partial charge < -0.3 is 39.9 Å². The first-order valence-corrected chi connectivity index (χ1v) is 23.5. The lowest BCUT2D eigenvalue weighted by molar-refractivity contribution is -0.220. The molecule has 1 aliphatic rings. The van der Waals surface area contributed by atoms with Gasteiger partial charge in [-0.1, -0.05) is 154 Å². The van der Waals surface area contributed by atoms with Gasteiger partial charge in [0, 0.05) is 13.0 Å². The number of rotatable bonds is 37. The number of aliphatic hydroxyl groups is 5. The molecule has 0 amide bonds. The van der Waals surface area contributed by atoms with Crippen LogP contribution in [0.2, 0.25) is 0 Å². The molecule has 326 valence electrons. The lowest BCUT2D eigenvalue weighted by Gasteiger charge is -2.41. The number of hydrogen-bond donors (Lipinski definition) is 6. The highest BCUT2D eigenvalue weighted by Crippen LogP contribution is 2.47. The normalized spacial score (nSPS) is 23.3. The topological polar surface area (TPSA) is 192 Å². The van der Waals surface area contributed by atoms with Gasteiger partial charge in [-0.25, -0.2) is 4.57 Å². The zero-order chi connectivity index (χ0) is 40.6. The minimum absolute atomic E-state index is 0.0758. The molecule has 1 rings (SSSR count). The van der Waals surface area contributed by atoms with Crippen LogP contribution in [0.5, 0.6) is 0 Å². The van der Waals surface area contributed by atoms with Gasteiger partial charge in [-0.3, -0.25) is 13.8 Å². The molecule has 1 aliphatic carbocycles. The fourth-order valence-corrected chi connectivity index (χ4v) is 7.79. The second kappa shape index (κ2) is 34.0. The van der Waals surface area contributed by atoms with E-state index >= 15 is 0 Å². The molecule has 6 atom stereocenters. The number of esters is 1. The monoisotopic (exact) mass is 809 g/mol. The van der Waals surface area contributed by atoms with Gasteiger partial charge in [-0.15, -0.1) is 0 Å². The van der Waals surface area contributed by atoms with Crippen LogP contribution < -0.4 is 0 Å². The molecule has 12 nitrogen and oxygen atoms in total. The van der Waals surface area contributed by atoms with E-state index in [4.69, 9.17) is 18.5 Å². The number of allylic oxidation sites excluding steroid dienone is 2. The molecule has 1 saturated carbocycles. The number of hydrogen-bond acceptors (Lipinski definition) is 11. The van der Waals surface area contributed by atoms with Crippen LogP contribution in [0.15, 0.2) is 12.2 Å². The zero-order valence-electron chi connectivity index (χ0n) is 34.5. The number of aliphatic hydroxyl groups excluding tert-OH is 5. The van der Waals surface area contributed by atoms with Crippen LogP contribution in [0.25, 0.3) is 0 Å². The average Bonchev–Trinajstić information content (AvgIpc) is 3.17. The first-order valence-electron chi connectivity index (χ1n) is 22.0. The quantitative estimate of drug-likeness (QED) is 0.0152. The second-order valence-corrected chi connectivity index (χ2v) is 17.0. The van der Waals surface area contributed by atoms with Crippen molar-refractivity contribution in [1.82, 2.24) is 0 Å². The van der Waals surface area contributed by atoms with E-state index in [-0.39, 0.29) is 13.0 Å². The maximum absolute atomic E-state index is 12.8. The van der Waals surface area contributed by atoms with Gasteiger partial charge >= 0.3 is 13.8 Å². The highest BCUT2D eigenvalue weighted by atomic mass is 31.2. The van der Waals surface area contributed by atoms with Crippen molar-refractivity contribution in [3.63, 3.8) is 0 Å². The van der Waals surface area contributed by atoms with Crippen LogP contribution in [0.3, 0.4) is 0 Å². The largest absolute Gasteiger partial charge is 0.472 e. The highest BCUT2D eigenvalue weighted by molar-refractivity contribution is 7.47. The van der Waals surface area contributed by atoms with Crippen LogP contribution >= 0.6 is 7.82 Å². The molecule has 13 heteroatoms. The summed E-state index contributed by atoms with van der Waals surface area (Å²) in [4.78, 5) is 23.1. The van der Waals surface area contributed by atoms with Crippen LogP contribution in [-0.2, 0) is 27.9 Å². The van der Waals surface area contributed by atoms with Crippen LogP contribution in [0.1, 0.15) is 187 Å². The van der Waals surface area contributed by atoms with Crippen molar-refractivity contribution in [2.45, 2.75) is 230 Å².